The van der Waals surface area contributed by atoms with Crippen molar-refractivity contribution in [2.45, 2.75) is 26.5 Å². The first-order valence-electron chi connectivity index (χ1n) is 6.71. The molecule has 0 aliphatic carbocycles. The Hall–Kier alpha value is -1.51. The van der Waals surface area contributed by atoms with Crippen molar-refractivity contribution < 1.29 is 5.11 Å². The zero-order valence-electron chi connectivity index (χ0n) is 12.1. The SMILES string of the molecule is Cc1cccc(CN(C)c2ccc(C(C)O)c(Cl)c2)c1. The number of hydrogen-bond acceptors (Lipinski definition) is 2. The van der Waals surface area contributed by atoms with Gasteiger partial charge in [-0.2, -0.15) is 0 Å². The third-order valence-electron chi connectivity index (χ3n) is 3.38. The van der Waals surface area contributed by atoms with Gasteiger partial charge in [0.1, 0.15) is 0 Å². The third-order valence-corrected chi connectivity index (χ3v) is 3.70. The Morgan fingerprint density at radius 3 is 2.55 bits per heavy atom. The molecule has 0 saturated heterocycles. The molecule has 0 fully saturated rings. The predicted octanol–water partition coefficient (Wildman–Crippen LogP) is 4.34. The quantitative estimate of drug-likeness (QED) is 0.905. The number of halogens is 1. The van der Waals surface area contributed by atoms with Crippen molar-refractivity contribution in [1.29, 1.82) is 0 Å². The molecule has 0 amide bonds. The first-order valence-corrected chi connectivity index (χ1v) is 7.09. The molecule has 0 radical (unpaired) electrons. The van der Waals surface area contributed by atoms with Gasteiger partial charge in [-0.25, -0.2) is 0 Å². The zero-order valence-corrected chi connectivity index (χ0v) is 12.9. The van der Waals surface area contributed by atoms with E-state index in [1.807, 2.05) is 25.2 Å². The lowest BCUT2D eigenvalue weighted by Gasteiger charge is -2.21. The van der Waals surface area contributed by atoms with Gasteiger partial charge in [0, 0.05) is 24.3 Å². The predicted molar refractivity (Wildman–Crippen MR) is 85.4 cm³/mol. The maximum atomic E-state index is 9.60. The summed E-state index contributed by atoms with van der Waals surface area (Å²) in [4.78, 5) is 2.15. The van der Waals surface area contributed by atoms with E-state index < -0.39 is 6.10 Å². The normalized spacial score (nSPS) is 12.2. The van der Waals surface area contributed by atoms with Crippen LogP contribution in [0.1, 0.15) is 29.7 Å². The molecule has 1 atom stereocenters. The molecule has 1 N–H and O–H groups in total. The number of anilines is 1. The number of aryl methyl sites for hydroxylation is 1. The van der Waals surface area contributed by atoms with E-state index in [0.29, 0.717) is 5.02 Å². The minimum atomic E-state index is -0.543. The summed E-state index contributed by atoms with van der Waals surface area (Å²) in [6.07, 6.45) is -0.543. The fourth-order valence-electron chi connectivity index (χ4n) is 2.27. The van der Waals surface area contributed by atoms with Gasteiger partial charge in [0.05, 0.1) is 6.10 Å². The number of nitrogens with zero attached hydrogens (tertiary/aromatic N) is 1. The molecule has 2 aromatic carbocycles. The van der Waals surface area contributed by atoms with Crippen molar-refractivity contribution in [3.8, 4) is 0 Å². The average molecular weight is 290 g/mol. The number of aliphatic hydroxyl groups excluding tert-OH is 1. The zero-order chi connectivity index (χ0) is 14.7. The van der Waals surface area contributed by atoms with Gasteiger partial charge in [-0.3, -0.25) is 0 Å². The lowest BCUT2D eigenvalue weighted by molar-refractivity contribution is 0.199. The van der Waals surface area contributed by atoms with Gasteiger partial charge >= 0.3 is 0 Å². The van der Waals surface area contributed by atoms with Gasteiger partial charge in [-0.1, -0.05) is 47.5 Å². The van der Waals surface area contributed by atoms with Crippen LogP contribution >= 0.6 is 11.6 Å². The maximum Gasteiger partial charge on any atom is 0.0776 e. The highest BCUT2D eigenvalue weighted by molar-refractivity contribution is 6.31. The maximum absolute atomic E-state index is 9.60. The number of hydrogen-bond donors (Lipinski definition) is 1. The summed E-state index contributed by atoms with van der Waals surface area (Å²) >= 11 is 6.21. The Bertz CT molecular complexity index is 595. The van der Waals surface area contributed by atoms with Crippen LogP contribution in [0.5, 0.6) is 0 Å². The van der Waals surface area contributed by atoms with E-state index in [9.17, 15) is 5.11 Å². The van der Waals surface area contributed by atoms with Crippen molar-refractivity contribution >= 4 is 17.3 Å². The minimum absolute atomic E-state index is 0.543. The first-order chi connectivity index (χ1) is 9.47. The van der Waals surface area contributed by atoms with Crippen molar-refractivity contribution in [3.63, 3.8) is 0 Å². The second kappa shape index (κ2) is 6.29. The van der Waals surface area contributed by atoms with Crippen molar-refractivity contribution in [1.82, 2.24) is 0 Å². The molecule has 0 aliphatic rings. The van der Waals surface area contributed by atoms with Crippen LogP contribution < -0.4 is 4.90 Å². The summed E-state index contributed by atoms with van der Waals surface area (Å²) in [6.45, 7) is 4.64. The molecule has 0 spiro atoms. The number of benzene rings is 2. The van der Waals surface area contributed by atoms with Crippen LogP contribution in [0.15, 0.2) is 42.5 Å². The molecule has 0 bridgehead atoms. The van der Waals surface area contributed by atoms with E-state index >= 15 is 0 Å². The largest absolute Gasteiger partial charge is 0.389 e. The standard InChI is InChI=1S/C17H20ClNO/c1-12-5-4-6-14(9-12)11-19(3)15-7-8-16(13(2)20)17(18)10-15/h4-10,13,20H,11H2,1-3H3. The van der Waals surface area contributed by atoms with Gasteiger partial charge < -0.3 is 10.0 Å². The van der Waals surface area contributed by atoms with Gasteiger partial charge in [0.2, 0.25) is 0 Å². The second-order valence-corrected chi connectivity index (χ2v) is 5.63. The summed E-state index contributed by atoms with van der Waals surface area (Å²) in [5.41, 5.74) is 4.34. The topological polar surface area (TPSA) is 23.5 Å². The van der Waals surface area contributed by atoms with Gasteiger partial charge in [0.15, 0.2) is 0 Å². The summed E-state index contributed by atoms with van der Waals surface area (Å²) < 4.78 is 0. The summed E-state index contributed by atoms with van der Waals surface area (Å²) in [7, 11) is 2.04. The molecular formula is C17H20ClNO. The van der Waals surface area contributed by atoms with Crippen molar-refractivity contribution in [2.75, 3.05) is 11.9 Å². The molecule has 2 rings (SSSR count). The average Bonchev–Trinajstić information content (AvgIpc) is 2.38. The highest BCUT2D eigenvalue weighted by Crippen LogP contribution is 2.28. The van der Waals surface area contributed by atoms with Crippen LogP contribution in [-0.2, 0) is 6.54 Å². The smallest absolute Gasteiger partial charge is 0.0776 e. The van der Waals surface area contributed by atoms with Gasteiger partial charge in [-0.05, 0) is 37.1 Å². The lowest BCUT2D eigenvalue weighted by atomic mass is 10.1. The molecular weight excluding hydrogens is 270 g/mol. The van der Waals surface area contributed by atoms with E-state index in [4.69, 9.17) is 11.6 Å². The van der Waals surface area contributed by atoms with Crippen LogP contribution in [0.4, 0.5) is 5.69 Å². The molecule has 2 aromatic rings. The molecule has 2 nitrogen and oxygen atoms in total. The van der Waals surface area contributed by atoms with Crippen LogP contribution in [-0.4, -0.2) is 12.2 Å². The van der Waals surface area contributed by atoms with Crippen molar-refractivity contribution in [2.24, 2.45) is 0 Å². The second-order valence-electron chi connectivity index (χ2n) is 5.23. The van der Waals surface area contributed by atoms with Gasteiger partial charge in [0.25, 0.3) is 0 Å². The highest BCUT2D eigenvalue weighted by Gasteiger charge is 2.09. The Morgan fingerprint density at radius 1 is 1.20 bits per heavy atom. The third kappa shape index (κ3) is 3.53. The fraction of sp³-hybridized carbons (Fsp3) is 0.294. The van der Waals surface area contributed by atoms with E-state index in [0.717, 1.165) is 17.8 Å². The number of rotatable bonds is 4. The van der Waals surface area contributed by atoms with E-state index in [1.165, 1.54) is 11.1 Å². The fourth-order valence-corrected chi connectivity index (χ4v) is 2.60. The lowest BCUT2D eigenvalue weighted by Crippen LogP contribution is -2.16. The molecule has 20 heavy (non-hydrogen) atoms. The molecule has 0 aromatic heterocycles. The molecule has 106 valence electrons. The van der Waals surface area contributed by atoms with Crippen LogP contribution in [0.3, 0.4) is 0 Å². The van der Waals surface area contributed by atoms with Crippen LogP contribution in [0.2, 0.25) is 5.02 Å². The first kappa shape index (κ1) is 14.9. The summed E-state index contributed by atoms with van der Waals surface area (Å²) in [6, 6.07) is 14.2. The minimum Gasteiger partial charge on any atom is -0.389 e. The molecule has 1 unspecified atom stereocenters. The highest BCUT2D eigenvalue weighted by atomic mass is 35.5. The molecule has 0 aliphatic heterocycles. The monoisotopic (exact) mass is 289 g/mol. The molecule has 0 saturated carbocycles. The van der Waals surface area contributed by atoms with E-state index in [1.54, 1.807) is 6.92 Å². The Balaban J connectivity index is 2.17. The molecule has 3 heteroatoms. The number of aliphatic hydroxyl groups is 1. The van der Waals surface area contributed by atoms with Gasteiger partial charge in [-0.15, -0.1) is 0 Å². The van der Waals surface area contributed by atoms with E-state index in [2.05, 4.69) is 36.1 Å². The Morgan fingerprint density at radius 2 is 1.95 bits per heavy atom. The van der Waals surface area contributed by atoms with Crippen molar-refractivity contribution in [3.05, 3.63) is 64.2 Å². The Kier molecular flexibility index (Phi) is 4.69. The van der Waals surface area contributed by atoms with Crippen LogP contribution in [0.25, 0.3) is 0 Å². The Labute approximate surface area is 125 Å². The molecule has 0 heterocycles. The van der Waals surface area contributed by atoms with Crippen LogP contribution in [0, 0.1) is 6.92 Å². The summed E-state index contributed by atoms with van der Waals surface area (Å²) in [5, 5.41) is 10.2. The van der Waals surface area contributed by atoms with E-state index in [-0.39, 0.29) is 0 Å². The summed E-state index contributed by atoms with van der Waals surface area (Å²) in [5.74, 6) is 0.